The van der Waals surface area contributed by atoms with Gasteiger partial charge in [0.05, 0.1) is 12.7 Å². The number of rotatable bonds is 3. The maximum Gasteiger partial charge on any atom is 0.115 e. The lowest BCUT2D eigenvalue weighted by Crippen LogP contribution is -2.45. The second kappa shape index (κ2) is 5.27. The Morgan fingerprint density at radius 3 is 2.75 bits per heavy atom. The largest absolute Gasteiger partial charge is 0.373 e. The zero-order chi connectivity index (χ0) is 11.4. The minimum atomic E-state index is -0.408. The van der Waals surface area contributed by atoms with Gasteiger partial charge in [-0.15, -0.1) is 0 Å². The molecule has 0 radical (unpaired) electrons. The molecule has 88 valence electrons. The van der Waals surface area contributed by atoms with E-state index in [2.05, 4.69) is 4.90 Å². The average molecular weight is 224 g/mol. The summed E-state index contributed by atoms with van der Waals surface area (Å²) in [5.74, 6) is 0. The quantitative estimate of drug-likeness (QED) is 0.841. The van der Waals surface area contributed by atoms with Gasteiger partial charge in [-0.25, -0.2) is 4.39 Å². The molecule has 1 saturated heterocycles. The second-order valence-corrected chi connectivity index (χ2v) is 3.97. The lowest BCUT2D eigenvalue weighted by molar-refractivity contribution is 0.0466. The van der Waals surface area contributed by atoms with E-state index >= 15 is 0 Å². The first-order valence-corrected chi connectivity index (χ1v) is 5.55. The maximum atomic E-state index is 12.4. The van der Waals surface area contributed by atoms with E-state index in [9.17, 15) is 4.39 Å². The van der Waals surface area contributed by atoms with Crippen molar-refractivity contribution < 1.29 is 9.13 Å². The molecule has 0 saturated carbocycles. The Balaban J connectivity index is 2.05. The molecule has 16 heavy (non-hydrogen) atoms. The Kier molecular flexibility index (Phi) is 3.74. The molecule has 1 aliphatic heterocycles. The Labute approximate surface area is 95.0 Å². The number of alkyl halides is 1. The van der Waals surface area contributed by atoms with Crippen LogP contribution in [0, 0.1) is 0 Å². The third-order valence-electron chi connectivity index (χ3n) is 2.86. The van der Waals surface area contributed by atoms with Crippen molar-refractivity contribution in [3.63, 3.8) is 0 Å². The van der Waals surface area contributed by atoms with Gasteiger partial charge >= 0.3 is 0 Å². The van der Waals surface area contributed by atoms with Crippen molar-refractivity contribution in [2.45, 2.75) is 12.8 Å². The van der Waals surface area contributed by atoms with E-state index in [1.54, 1.807) is 0 Å². The monoisotopic (exact) mass is 224 g/mol. The van der Waals surface area contributed by atoms with Crippen LogP contribution < -0.4 is 10.6 Å². The summed E-state index contributed by atoms with van der Waals surface area (Å²) in [4.78, 5) is 2.23. The molecule has 1 aromatic carbocycles. The van der Waals surface area contributed by atoms with Crippen LogP contribution >= 0.6 is 0 Å². The first kappa shape index (κ1) is 11.4. The fourth-order valence-corrected chi connectivity index (χ4v) is 1.89. The number of benzene rings is 1. The molecule has 2 N–H and O–H groups in total. The summed E-state index contributed by atoms with van der Waals surface area (Å²) in [7, 11) is 0. The van der Waals surface area contributed by atoms with Crippen LogP contribution in [-0.2, 0) is 11.4 Å². The van der Waals surface area contributed by atoms with Crippen molar-refractivity contribution in [3.8, 4) is 0 Å². The van der Waals surface area contributed by atoms with E-state index in [1.165, 1.54) is 0 Å². The van der Waals surface area contributed by atoms with Crippen molar-refractivity contribution in [1.29, 1.82) is 0 Å². The summed E-state index contributed by atoms with van der Waals surface area (Å²) in [6, 6.07) is 7.55. The zero-order valence-corrected chi connectivity index (χ0v) is 9.23. The van der Waals surface area contributed by atoms with Gasteiger partial charge in [0.2, 0.25) is 0 Å². The number of ether oxygens (including phenoxy) is 1. The number of halogens is 1. The average Bonchev–Trinajstić information content (AvgIpc) is 2.39. The summed E-state index contributed by atoms with van der Waals surface area (Å²) in [5.41, 5.74) is 7.41. The van der Waals surface area contributed by atoms with Gasteiger partial charge in [0.25, 0.3) is 0 Å². The number of hydrogen-bond donors (Lipinski definition) is 1. The fraction of sp³-hybridized carbons (Fsp3) is 0.500. The predicted molar refractivity (Wildman–Crippen MR) is 62.3 cm³/mol. The molecule has 1 atom stereocenters. The molecule has 0 aliphatic carbocycles. The van der Waals surface area contributed by atoms with E-state index in [0.29, 0.717) is 18.7 Å². The van der Waals surface area contributed by atoms with Crippen molar-refractivity contribution >= 4 is 5.69 Å². The number of hydrogen-bond acceptors (Lipinski definition) is 3. The van der Waals surface area contributed by atoms with E-state index in [1.807, 2.05) is 24.3 Å². The van der Waals surface area contributed by atoms with Crippen LogP contribution in [-0.4, -0.2) is 32.3 Å². The first-order valence-electron chi connectivity index (χ1n) is 5.55. The molecule has 1 fully saturated rings. The molecular weight excluding hydrogens is 207 g/mol. The number of nitrogens with two attached hydrogens (primary N) is 1. The van der Waals surface area contributed by atoms with Crippen molar-refractivity contribution in [2.24, 2.45) is 5.73 Å². The highest BCUT2D eigenvalue weighted by atomic mass is 19.1. The van der Waals surface area contributed by atoms with Crippen molar-refractivity contribution in [2.75, 3.05) is 31.1 Å². The Morgan fingerprint density at radius 2 is 2.12 bits per heavy atom. The van der Waals surface area contributed by atoms with E-state index in [-0.39, 0.29) is 6.10 Å². The summed E-state index contributed by atoms with van der Waals surface area (Å²) in [6.45, 7) is 2.51. The van der Waals surface area contributed by atoms with E-state index in [0.717, 1.165) is 18.8 Å². The summed E-state index contributed by atoms with van der Waals surface area (Å²) < 4.78 is 17.9. The molecular formula is C12H17FN2O. The Bertz CT molecular complexity index is 328. The first-order chi connectivity index (χ1) is 7.83. The molecule has 1 heterocycles. The van der Waals surface area contributed by atoms with Crippen LogP contribution in [0.15, 0.2) is 24.3 Å². The van der Waals surface area contributed by atoms with Gasteiger partial charge in [0, 0.05) is 25.3 Å². The highest BCUT2D eigenvalue weighted by Gasteiger charge is 2.19. The lowest BCUT2D eigenvalue weighted by atomic mass is 10.2. The van der Waals surface area contributed by atoms with Gasteiger partial charge in [0.1, 0.15) is 6.67 Å². The van der Waals surface area contributed by atoms with Crippen LogP contribution in [0.5, 0.6) is 0 Å². The maximum absolute atomic E-state index is 12.4. The number of anilines is 1. The molecule has 4 heteroatoms. The molecule has 3 nitrogen and oxygen atoms in total. The third-order valence-corrected chi connectivity index (χ3v) is 2.86. The molecule has 1 aromatic rings. The minimum absolute atomic E-state index is 0.106. The van der Waals surface area contributed by atoms with Crippen LogP contribution in [0.3, 0.4) is 0 Å². The summed E-state index contributed by atoms with van der Waals surface area (Å²) in [5, 5.41) is 0. The number of morpholine rings is 1. The number of nitrogens with zero attached hydrogens (tertiary/aromatic N) is 1. The standard InChI is InChI=1S/C12H17FN2O/c13-7-10-1-3-11(4-2-10)15-5-6-16-12(8-14)9-15/h1-4,12H,5-9,14H2. The summed E-state index contributed by atoms with van der Waals surface area (Å²) in [6.07, 6.45) is 0.106. The Morgan fingerprint density at radius 1 is 1.38 bits per heavy atom. The third kappa shape index (κ3) is 2.51. The van der Waals surface area contributed by atoms with Crippen molar-refractivity contribution in [1.82, 2.24) is 0 Å². The molecule has 2 rings (SSSR count). The van der Waals surface area contributed by atoms with Gasteiger partial charge in [0.15, 0.2) is 0 Å². The van der Waals surface area contributed by atoms with Gasteiger partial charge in [-0.1, -0.05) is 12.1 Å². The van der Waals surface area contributed by atoms with Gasteiger partial charge in [-0.3, -0.25) is 0 Å². The van der Waals surface area contributed by atoms with Gasteiger partial charge in [-0.2, -0.15) is 0 Å². The smallest absolute Gasteiger partial charge is 0.115 e. The molecule has 0 amide bonds. The van der Waals surface area contributed by atoms with Crippen molar-refractivity contribution in [3.05, 3.63) is 29.8 Å². The normalized spacial score (nSPS) is 21.1. The molecule has 0 bridgehead atoms. The SMILES string of the molecule is NCC1CN(c2ccc(CF)cc2)CCO1. The highest BCUT2D eigenvalue weighted by molar-refractivity contribution is 5.48. The van der Waals surface area contributed by atoms with Crippen LogP contribution in [0.4, 0.5) is 10.1 Å². The van der Waals surface area contributed by atoms with Crippen LogP contribution in [0.25, 0.3) is 0 Å². The molecule has 1 aliphatic rings. The second-order valence-electron chi connectivity index (χ2n) is 3.97. The van der Waals surface area contributed by atoms with Crippen LogP contribution in [0.1, 0.15) is 5.56 Å². The molecule has 1 unspecified atom stereocenters. The summed E-state index contributed by atoms with van der Waals surface area (Å²) >= 11 is 0. The van der Waals surface area contributed by atoms with Crippen LogP contribution in [0.2, 0.25) is 0 Å². The fourth-order valence-electron chi connectivity index (χ4n) is 1.89. The highest BCUT2D eigenvalue weighted by Crippen LogP contribution is 2.18. The van der Waals surface area contributed by atoms with Gasteiger partial charge in [-0.05, 0) is 17.7 Å². The minimum Gasteiger partial charge on any atom is -0.373 e. The van der Waals surface area contributed by atoms with Gasteiger partial charge < -0.3 is 15.4 Å². The lowest BCUT2D eigenvalue weighted by Gasteiger charge is -2.34. The topological polar surface area (TPSA) is 38.5 Å². The zero-order valence-electron chi connectivity index (χ0n) is 9.23. The molecule has 0 spiro atoms. The van der Waals surface area contributed by atoms with E-state index < -0.39 is 6.67 Å². The Hall–Kier alpha value is -1.13. The molecule has 0 aromatic heterocycles. The predicted octanol–water partition coefficient (Wildman–Crippen LogP) is 1.32. The van der Waals surface area contributed by atoms with E-state index in [4.69, 9.17) is 10.5 Å².